The summed E-state index contributed by atoms with van der Waals surface area (Å²) in [7, 11) is -9.81. The van der Waals surface area contributed by atoms with Gasteiger partial charge in [-0.15, -0.1) is 0 Å². The number of phosphoric acid groups is 2. The molecule has 0 aromatic carbocycles. The number of phosphoric ester groups is 2. The average molecular weight is 1530 g/mol. The summed E-state index contributed by atoms with van der Waals surface area (Å²) in [4.78, 5) is 58.7. The first-order valence-electron chi connectivity index (χ1n) is 41.1. The van der Waals surface area contributed by atoms with Gasteiger partial charge in [-0.1, -0.05) is 312 Å². The van der Waals surface area contributed by atoms with Gasteiger partial charge in [-0.25, -0.2) is 9.13 Å². The highest BCUT2D eigenvalue weighted by molar-refractivity contribution is 7.47. The standard InChI is InChI=1S/C89H146O16P2/c1-4-7-10-13-16-19-22-25-28-30-32-34-36-38-40-41-43-45-46-48-50-52-55-57-60-63-66-69-72-75-87(92)99-78-84(90)79-101-106(95,96)102-80-85(91)81-103-107(97,98)104-83-86(105-89(94)77-74-71-68-65-62-59-54-27-24-21-18-15-12-9-6-3)82-100-88(93)76-73-70-67-64-61-58-56-53-51-49-47-44-42-39-37-35-33-31-29-26-23-20-17-14-11-8-5-2/h7-12,16-21,25-29,32-35,38-40,42-43,45,47,49,54,84-86,90-91H,4-6,13-15,22-24,30-31,36-37,41,44,46,48,50-53,55-83H2,1-3H3,(H,95,96)(H,97,98)/b10-7-,11-8-,12-9-,19-16-,20-17-,21-18-,28-25-,29-26-,34-32-,35-33-,40-38-,42-39-,45-43-,49-47-,54-27-. The Labute approximate surface area is 649 Å². The number of esters is 3. The number of hydrogen-bond donors (Lipinski definition) is 4. The highest BCUT2D eigenvalue weighted by Crippen LogP contribution is 2.45. The third-order valence-corrected chi connectivity index (χ3v) is 18.5. The minimum Gasteiger partial charge on any atom is -0.463 e. The number of hydrogen-bond acceptors (Lipinski definition) is 14. The predicted octanol–water partition coefficient (Wildman–Crippen LogP) is 24.5. The molecule has 5 atom stereocenters. The smallest absolute Gasteiger partial charge is 0.463 e. The highest BCUT2D eigenvalue weighted by Gasteiger charge is 2.29. The van der Waals surface area contributed by atoms with Crippen LogP contribution in [-0.4, -0.2) is 95.9 Å². The first-order chi connectivity index (χ1) is 52.2. The quantitative estimate of drug-likeness (QED) is 0.0146. The van der Waals surface area contributed by atoms with E-state index in [4.69, 9.17) is 32.3 Å². The van der Waals surface area contributed by atoms with Gasteiger partial charge in [0.1, 0.15) is 25.4 Å². The van der Waals surface area contributed by atoms with Gasteiger partial charge < -0.3 is 34.2 Å². The third kappa shape index (κ3) is 81.5. The number of aliphatic hydroxyl groups excluding tert-OH is 2. The lowest BCUT2D eigenvalue weighted by Gasteiger charge is -2.21. The molecule has 0 aliphatic rings. The first kappa shape index (κ1) is 102. The average Bonchev–Trinajstić information content (AvgIpc) is 0.914. The number of carbonyl (C=O) groups is 3. The zero-order valence-corrected chi connectivity index (χ0v) is 68.3. The van der Waals surface area contributed by atoms with E-state index in [0.717, 1.165) is 205 Å². The van der Waals surface area contributed by atoms with Gasteiger partial charge in [0, 0.05) is 19.3 Å². The van der Waals surface area contributed by atoms with Crippen molar-refractivity contribution in [2.24, 2.45) is 0 Å². The fourth-order valence-electron chi connectivity index (χ4n) is 10.5. The Bertz CT molecular complexity index is 2670. The Hall–Kier alpha value is -5.35. The fourth-order valence-corrected chi connectivity index (χ4v) is 12.1. The Balaban J connectivity index is 4.58. The van der Waals surface area contributed by atoms with Crippen LogP contribution in [0.4, 0.5) is 0 Å². The molecule has 0 bridgehead atoms. The summed E-state index contributed by atoms with van der Waals surface area (Å²) in [5.41, 5.74) is 0. The van der Waals surface area contributed by atoms with Crippen LogP contribution in [0.5, 0.6) is 0 Å². The van der Waals surface area contributed by atoms with E-state index in [0.29, 0.717) is 19.3 Å². The molecule has 0 aromatic heterocycles. The van der Waals surface area contributed by atoms with Gasteiger partial charge >= 0.3 is 33.6 Å². The summed E-state index contributed by atoms with van der Waals surface area (Å²) in [6, 6.07) is 0. The second kappa shape index (κ2) is 80.2. The van der Waals surface area contributed by atoms with Crippen LogP contribution in [0.25, 0.3) is 0 Å². The van der Waals surface area contributed by atoms with Crippen molar-refractivity contribution in [1.82, 2.24) is 0 Å². The van der Waals surface area contributed by atoms with E-state index in [1.165, 1.54) is 38.5 Å². The van der Waals surface area contributed by atoms with Gasteiger partial charge in [0.15, 0.2) is 6.10 Å². The summed E-state index contributed by atoms with van der Waals surface area (Å²) in [5, 5.41) is 20.7. The van der Waals surface area contributed by atoms with Gasteiger partial charge in [0.05, 0.1) is 26.4 Å². The molecule has 0 rings (SSSR count). The van der Waals surface area contributed by atoms with E-state index in [1.54, 1.807) is 0 Å². The highest BCUT2D eigenvalue weighted by atomic mass is 31.2. The number of unbranched alkanes of at least 4 members (excludes halogenated alkanes) is 23. The predicted molar refractivity (Wildman–Crippen MR) is 445 cm³/mol. The molecular formula is C89H146O16P2. The molecule has 5 unspecified atom stereocenters. The lowest BCUT2D eigenvalue weighted by molar-refractivity contribution is -0.161. The van der Waals surface area contributed by atoms with Crippen LogP contribution in [0.2, 0.25) is 0 Å². The van der Waals surface area contributed by atoms with Crippen molar-refractivity contribution in [3.63, 3.8) is 0 Å². The molecule has 0 aromatic rings. The van der Waals surface area contributed by atoms with Crippen LogP contribution in [0.15, 0.2) is 182 Å². The molecule has 16 nitrogen and oxygen atoms in total. The van der Waals surface area contributed by atoms with E-state index in [-0.39, 0.29) is 19.3 Å². The minimum absolute atomic E-state index is 0.0771. The number of rotatable bonds is 76. The first-order valence-corrected chi connectivity index (χ1v) is 44.1. The molecule has 0 saturated heterocycles. The maximum atomic E-state index is 13.0. The zero-order valence-electron chi connectivity index (χ0n) is 66.5. The lowest BCUT2D eigenvalue weighted by Crippen LogP contribution is -2.30. The molecule has 18 heteroatoms. The van der Waals surface area contributed by atoms with E-state index in [9.17, 15) is 43.5 Å². The van der Waals surface area contributed by atoms with Crippen molar-refractivity contribution >= 4 is 33.6 Å². The molecule has 0 saturated carbocycles. The summed E-state index contributed by atoms with van der Waals surface area (Å²) in [6.45, 7) is 2.30. The largest absolute Gasteiger partial charge is 0.472 e. The Morgan fingerprint density at radius 1 is 0.262 bits per heavy atom. The monoisotopic (exact) mass is 1530 g/mol. The van der Waals surface area contributed by atoms with Gasteiger partial charge in [0.25, 0.3) is 0 Å². The number of ether oxygens (including phenoxy) is 3. The van der Waals surface area contributed by atoms with Crippen molar-refractivity contribution < 1.29 is 75.8 Å². The summed E-state index contributed by atoms with van der Waals surface area (Å²) in [5.74, 6) is -1.61. The van der Waals surface area contributed by atoms with E-state index < -0.39 is 91.5 Å². The maximum Gasteiger partial charge on any atom is 0.472 e. The summed E-state index contributed by atoms with van der Waals surface area (Å²) < 4.78 is 61.2. The van der Waals surface area contributed by atoms with E-state index in [1.807, 2.05) is 0 Å². The normalized spacial score (nSPS) is 14.9. The Morgan fingerprint density at radius 2 is 0.467 bits per heavy atom. The van der Waals surface area contributed by atoms with Crippen molar-refractivity contribution in [3.05, 3.63) is 182 Å². The minimum atomic E-state index is -4.95. The van der Waals surface area contributed by atoms with Gasteiger partial charge in [-0.2, -0.15) is 0 Å². The van der Waals surface area contributed by atoms with Crippen LogP contribution in [0.3, 0.4) is 0 Å². The van der Waals surface area contributed by atoms with Gasteiger partial charge in [0.2, 0.25) is 0 Å². The molecule has 608 valence electrons. The number of allylic oxidation sites excluding steroid dienone is 30. The molecule has 107 heavy (non-hydrogen) atoms. The topological polar surface area (TPSA) is 231 Å². The van der Waals surface area contributed by atoms with Crippen LogP contribution in [0.1, 0.15) is 303 Å². The SMILES string of the molecule is CC/C=C\C/C=C\C/C=C\C/C=C\C/C=C\C/C=C\CCCCCCCCCCCCC(=O)OCC(O)COP(=O)(O)OCC(O)COP(=O)(O)OCC(COC(=O)CCCCCCCCCC/C=C\C/C=C\C/C=C\C/C=C\C/C=C\C/C=C\CC)OC(=O)CCCCCCC/C=C\C/C=C\C/C=C\CC. The van der Waals surface area contributed by atoms with E-state index >= 15 is 0 Å². The maximum absolute atomic E-state index is 13.0. The molecule has 0 spiro atoms. The van der Waals surface area contributed by atoms with Crippen molar-refractivity contribution in [2.45, 2.75) is 322 Å². The van der Waals surface area contributed by atoms with E-state index in [2.05, 4.69) is 203 Å². The van der Waals surface area contributed by atoms with Crippen LogP contribution in [-0.2, 0) is 55.8 Å². The van der Waals surface area contributed by atoms with Gasteiger partial charge in [-0.05, 0) is 154 Å². The molecule has 0 fully saturated rings. The van der Waals surface area contributed by atoms with Crippen molar-refractivity contribution in [2.75, 3.05) is 39.6 Å². The molecule has 0 amide bonds. The fraction of sp³-hybridized carbons (Fsp3) is 0.629. The summed E-state index contributed by atoms with van der Waals surface area (Å²) in [6.07, 6.45) is 104. The molecule has 4 N–H and O–H groups in total. The molecule has 0 aliphatic carbocycles. The Kier molecular flexibility index (Phi) is 76.2. The van der Waals surface area contributed by atoms with Crippen LogP contribution >= 0.6 is 15.6 Å². The second-order valence-electron chi connectivity index (χ2n) is 26.8. The molecular weight excluding hydrogens is 1390 g/mol. The van der Waals surface area contributed by atoms with Crippen molar-refractivity contribution in [1.29, 1.82) is 0 Å². The zero-order chi connectivity index (χ0) is 78.0. The van der Waals surface area contributed by atoms with Crippen LogP contribution in [0, 0.1) is 0 Å². The number of aliphatic hydroxyl groups is 2. The van der Waals surface area contributed by atoms with Crippen molar-refractivity contribution in [3.8, 4) is 0 Å². The van der Waals surface area contributed by atoms with Gasteiger partial charge in [-0.3, -0.25) is 32.5 Å². The molecule has 0 aliphatic heterocycles. The Morgan fingerprint density at radius 3 is 0.738 bits per heavy atom. The summed E-state index contributed by atoms with van der Waals surface area (Å²) >= 11 is 0. The third-order valence-electron chi connectivity index (χ3n) is 16.6. The lowest BCUT2D eigenvalue weighted by atomic mass is 10.1. The molecule has 0 radical (unpaired) electrons. The number of carbonyl (C=O) groups excluding carboxylic acids is 3. The van der Waals surface area contributed by atoms with Crippen LogP contribution < -0.4 is 0 Å². The molecule has 0 heterocycles. The second-order valence-corrected chi connectivity index (χ2v) is 29.7.